The van der Waals surface area contributed by atoms with Crippen molar-refractivity contribution in [2.24, 2.45) is 11.1 Å². The van der Waals surface area contributed by atoms with Crippen molar-refractivity contribution in [1.82, 2.24) is 4.90 Å². The van der Waals surface area contributed by atoms with Gasteiger partial charge in [0.1, 0.15) is 0 Å². The molecule has 15 heavy (non-hydrogen) atoms. The monoisotopic (exact) mass is 214 g/mol. The van der Waals surface area contributed by atoms with Crippen LogP contribution in [0.3, 0.4) is 0 Å². The molecule has 0 spiro atoms. The first-order chi connectivity index (χ1) is 6.81. The Bertz CT molecular complexity index is 192. The van der Waals surface area contributed by atoms with Crippen LogP contribution in [0.4, 0.5) is 0 Å². The Labute approximate surface area is 94.0 Å². The predicted molar refractivity (Wildman–Crippen MR) is 63.9 cm³/mol. The molecule has 0 aromatic carbocycles. The SMILES string of the molecule is CN(CC(C)(C)C)CC1(N)CCOCC1. The fourth-order valence-electron chi connectivity index (χ4n) is 2.34. The molecule has 3 nitrogen and oxygen atoms in total. The average Bonchev–Trinajstić information content (AvgIpc) is 1.99. The molecule has 1 saturated heterocycles. The number of rotatable bonds is 3. The van der Waals surface area contributed by atoms with Crippen molar-refractivity contribution in [2.45, 2.75) is 39.2 Å². The highest BCUT2D eigenvalue weighted by Gasteiger charge is 2.30. The van der Waals surface area contributed by atoms with E-state index in [9.17, 15) is 0 Å². The molecule has 0 radical (unpaired) electrons. The molecule has 1 aliphatic heterocycles. The number of hydrogen-bond donors (Lipinski definition) is 1. The summed E-state index contributed by atoms with van der Waals surface area (Å²) in [6.45, 7) is 10.5. The van der Waals surface area contributed by atoms with Crippen LogP contribution in [-0.2, 0) is 4.74 Å². The van der Waals surface area contributed by atoms with Gasteiger partial charge in [0.2, 0.25) is 0 Å². The minimum absolute atomic E-state index is 0.0295. The van der Waals surface area contributed by atoms with Gasteiger partial charge < -0.3 is 15.4 Å². The Morgan fingerprint density at radius 2 is 1.80 bits per heavy atom. The van der Waals surface area contributed by atoms with Crippen LogP contribution >= 0.6 is 0 Å². The van der Waals surface area contributed by atoms with Gasteiger partial charge in [0.15, 0.2) is 0 Å². The number of likely N-dealkylation sites (N-methyl/N-ethyl adjacent to an activating group) is 1. The molecule has 0 saturated carbocycles. The van der Waals surface area contributed by atoms with Gasteiger partial charge in [-0.3, -0.25) is 0 Å². The Morgan fingerprint density at radius 3 is 2.27 bits per heavy atom. The first-order valence-corrected chi connectivity index (χ1v) is 5.86. The van der Waals surface area contributed by atoms with Gasteiger partial charge in [0, 0.05) is 31.8 Å². The van der Waals surface area contributed by atoms with E-state index in [0.29, 0.717) is 5.41 Å². The molecule has 0 atom stereocenters. The van der Waals surface area contributed by atoms with Crippen LogP contribution in [0.15, 0.2) is 0 Å². The quantitative estimate of drug-likeness (QED) is 0.773. The first-order valence-electron chi connectivity index (χ1n) is 5.86. The zero-order valence-corrected chi connectivity index (χ0v) is 10.7. The van der Waals surface area contributed by atoms with Crippen molar-refractivity contribution in [3.05, 3.63) is 0 Å². The third-order valence-electron chi connectivity index (χ3n) is 2.82. The maximum Gasteiger partial charge on any atom is 0.0484 e. The highest BCUT2D eigenvalue weighted by molar-refractivity contribution is 4.89. The van der Waals surface area contributed by atoms with Crippen LogP contribution < -0.4 is 5.73 Å². The molecule has 0 amide bonds. The second kappa shape index (κ2) is 4.81. The van der Waals surface area contributed by atoms with E-state index in [4.69, 9.17) is 10.5 Å². The van der Waals surface area contributed by atoms with E-state index >= 15 is 0 Å². The molecule has 1 rings (SSSR count). The van der Waals surface area contributed by atoms with Gasteiger partial charge in [-0.05, 0) is 25.3 Å². The molecule has 3 heteroatoms. The van der Waals surface area contributed by atoms with E-state index in [0.717, 1.165) is 39.1 Å². The Morgan fingerprint density at radius 1 is 1.27 bits per heavy atom. The van der Waals surface area contributed by atoms with E-state index in [1.54, 1.807) is 0 Å². The molecule has 0 aromatic rings. The van der Waals surface area contributed by atoms with Gasteiger partial charge in [-0.15, -0.1) is 0 Å². The number of nitrogens with zero attached hydrogens (tertiary/aromatic N) is 1. The van der Waals surface area contributed by atoms with E-state index < -0.39 is 0 Å². The molecular formula is C12H26N2O. The van der Waals surface area contributed by atoms with Gasteiger partial charge in [0.05, 0.1) is 0 Å². The number of hydrogen-bond acceptors (Lipinski definition) is 3. The van der Waals surface area contributed by atoms with Crippen molar-refractivity contribution in [3.63, 3.8) is 0 Å². The second-order valence-electron chi connectivity index (χ2n) is 6.21. The lowest BCUT2D eigenvalue weighted by Gasteiger charge is -2.38. The third kappa shape index (κ3) is 4.96. The fraction of sp³-hybridized carbons (Fsp3) is 1.00. The van der Waals surface area contributed by atoms with E-state index in [-0.39, 0.29) is 5.54 Å². The predicted octanol–water partition coefficient (Wildman–Crippen LogP) is 1.47. The molecule has 2 N–H and O–H groups in total. The van der Waals surface area contributed by atoms with Crippen molar-refractivity contribution in [1.29, 1.82) is 0 Å². The van der Waals surface area contributed by atoms with Gasteiger partial charge >= 0.3 is 0 Å². The summed E-state index contributed by atoms with van der Waals surface area (Å²) in [6.07, 6.45) is 1.98. The van der Waals surface area contributed by atoms with E-state index in [2.05, 4.69) is 32.7 Å². The second-order valence-corrected chi connectivity index (χ2v) is 6.21. The molecule has 0 aromatic heterocycles. The third-order valence-corrected chi connectivity index (χ3v) is 2.82. The lowest BCUT2D eigenvalue weighted by atomic mass is 9.89. The van der Waals surface area contributed by atoms with Crippen LogP contribution in [0, 0.1) is 5.41 Å². The molecule has 1 aliphatic rings. The van der Waals surface area contributed by atoms with Crippen LogP contribution in [0.1, 0.15) is 33.6 Å². The zero-order valence-electron chi connectivity index (χ0n) is 10.7. The molecular weight excluding hydrogens is 188 g/mol. The van der Waals surface area contributed by atoms with Crippen LogP contribution in [-0.4, -0.2) is 43.8 Å². The summed E-state index contributed by atoms with van der Waals surface area (Å²) >= 11 is 0. The molecule has 0 unspecified atom stereocenters. The van der Waals surface area contributed by atoms with Crippen molar-refractivity contribution < 1.29 is 4.74 Å². The molecule has 1 heterocycles. The maximum atomic E-state index is 6.36. The first kappa shape index (κ1) is 12.9. The standard InChI is InChI=1S/C12H26N2O/c1-11(2,3)9-14(4)10-12(13)5-7-15-8-6-12/h5-10,13H2,1-4H3. The number of ether oxygens (including phenoxy) is 1. The van der Waals surface area contributed by atoms with Gasteiger partial charge in [0.25, 0.3) is 0 Å². The summed E-state index contributed by atoms with van der Waals surface area (Å²) in [5, 5.41) is 0. The van der Waals surface area contributed by atoms with Gasteiger partial charge in [-0.2, -0.15) is 0 Å². The van der Waals surface area contributed by atoms with Crippen molar-refractivity contribution in [3.8, 4) is 0 Å². The zero-order chi connectivity index (χ0) is 11.5. The normalized spacial score (nSPS) is 22.0. The summed E-state index contributed by atoms with van der Waals surface area (Å²) in [4.78, 5) is 2.35. The maximum absolute atomic E-state index is 6.36. The molecule has 0 aliphatic carbocycles. The summed E-state index contributed by atoms with van der Waals surface area (Å²) in [5.74, 6) is 0. The fourth-order valence-corrected chi connectivity index (χ4v) is 2.34. The lowest BCUT2D eigenvalue weighted by Crippen LogP contribution is -2.53. The van der Waals surface area contributed by atoms with Crippen molar-refractivity contribution in [2.75, 3.05) is 33.4 Å². The van der Waals surface area contributed by atoms with Gasteiger partial charge in [-0.1, -0.05) is 20.8 Å². The van der Waals surface area contributed by atoms with Gasteiger partial charge in [-0.25, -0.2) is 0 Å². The minimum atomic E-state index is -0.0295. The largest absolute Gasteiger partial charge is 0.381 e. The van der Waals surface area contributed by atoms with E-state index in [1.165, 1.54) is 0 Å². The number of nitrogens with two attached hydrogens (primary N) is 1. The molecule has 0 bridgehead atoms. The smallest absolute Gasteiger partial charge is 0.0484 e. The minimum Gasteiger partial charge on any atom is -0.381 e. The Hall–Kier alpha value is -0.120. The van der Waals surface area contributed by atoms with Crippen LogP contribution in [0.25, 0.3) is 0 Å². The van der Waals surface area contributed by atoms with Crippen LogP contribution in [0.2, 0.25) is 0 Å². The van der Waals surface area contributed by atoms with E-state index in [1.807, 2.05) is 0 Å². The summed E-state index contributed by atoms with van der Waals surface area (Å²) < 4.78 is 5.35. The topological polar surface area (TPSA) is 38.5 Å². The molecule has 1 fully saturated rings. The van der Waals surface area contributed by atoms with Crippen molar-refractivity contribution >= 4 is 0 Å². The highest BCUT2D eigenvalue weighted by atomic mass is 16.5. The summed E-state index contributed by atoms with van der Waals surface area (Å²) in [7, 11) is 2.16. The Balaban J connectivity index is 2.38. The average molecular weight is 214 g/mol. The molecule has 90 valence electrons. The Kier molecular flexibility index (Phi) is 4.15. The summed E-state index contributed by atoms with van der Waals surface area (Å²) in [5.41, 5.74) is 6.67. The van der Waals surface area contributed by atoms with Crippen LogP contribution in [0.5, 0.6) is 0 Å². The highest BCUT2D eigenvalue weighted by Crippen LogP contribution is 2.21. The lowest BCUT2D eigenvalue weighted by molar-refractivity contribution is 0.0374. The summed E-state index contributed by atoms with van der Waals surface area (Å²) in [6, 6.07) is 0.